The largest absolute Gasteiger partial charge is 0.485 e. The molecule has 2 nitrogen and oxygen atoms in total. The maximum Gasteiger partial charge on any atom is 0.201 e. The first-order valence-electron chi connectivity index (χ1n) is 5.43. The lowest BCUT2D eigenvalue weighted by atomic mass is 10.1. The minimum Gasteiger partial charge on any atom is -0.485 e. The van der Waals surface area contributed by atoms with E-state index >= 15 is 0 Å². The van der Waals surface area contributed by atoms with Gasteiger partial charge in [-0.3, -0.25) is 4.79 Å². The first-order valence-corrected chi connectivity index (χ1v) is 6.18. The van der Waals surface area contributed by atoms with Gasteiger partial charge in [-0.05, 0) is 30.3 Å². The van der Waals surface area contributed by atoms with Gasteiger partial charge in [-0.1, -0.05) is 29.3 Å². The number of hydrogen-bond acceptors (Lipinski definition) is 2. The maximum absolute atomic E-state index is 12.9. The van der Waals surface area contributed by atoms with Crippen molar-refractivity contribution in [2.75, 3.05) is 6.61 Å². The Kier molecular flexibility index (Phi) is 4.40. The minimum absolute atomic E-state index is 0.217. The number of carbonyl (C=O) groups is 1. The van der Waals surface area contributed by atoms with E-state index in [0.29, 0.717) is 16.3 Å². The second-order valence-electron chi connectivity index (χ2n) is 3.79. The Morgan fingerprint density at radius 1 is 1.16 bits per heavy atom. The van der Waals surface area contributed by atoms with E-state index < -0.39 is 5.82 Å². The Labute approximate surface area is 119 Å². The number of benzene rings is 2. The van der Waals surface area contributed by atoms with Gasteiger partial charge in [0.25, 0.3) is 0 Å². The van der Waals surface area contributed by atoms with Gasteiger partial charge in [0.15, 0.2) is 6.61 Å². The third-order valence-corrected chi connectivity index (χ3v) is 2.95. The average Bonchev–Trinajstić information content (AvgIpc) is 2.36. The highest BCUT2D eigenvalue weighted by molar-refractivity contribution is 6.36. The third-order valence-electron chi connectivity index (χ3n) is 2.40. The lowest BCUT2D eigenvalue weighted by molar-refractivity contribution is 0.0921. The Hall–Kier alpha value is -1.58. The molecule has 0 spiro atoms. The molecule has 5 heteroatoms. The van der Waals surface area contributed by atoms with Crippen LogP contribution in [-0.4, -0.2) is 12.4 Å². The van der Waals surface area contributed by atoms with Crippen molar-refractivity contribution in [3.8, 4) is 5.75 Å². The molecule has 2 aromatic carbocycles. The van der Waals surface area contributed by atoms with Gasteiger partial charge in [0.05, 0.1) is 5.02 Å². The van der Waals surface area contributed by atoms with Crippen LogP contribution in [0.4, 0.5) is 4.39 Å². The quantitative estimate of drug-likeness (QED) is 0.782. The van der Waals surface area contributed by atoms with Gasteiger partial charge < -0.3 is 4.74 Å². The van der Waals surface area contributed by atoms with E-state index in [1.54, 1.807) is 12.1 Å². The zero-order chi connectivity index (χ0) is 13.8. The van der Waals surface area contributed by atoms with Gasteiger partial charge in [-0.2, -0.15) is 0 Å². The number of ketones is 1. The molecule has 0 radical (unpaired) electrons. The summed E-state index contributed by atoms with van der Waals surface area (Å²) >= 11 is 11.7. The first kappa shape index (κ1) is 13.8. The van der Waals surface area contributed by atoms with Gasteiger partial charge in [0.2, 0.25) is 5.78 Å². The normalized spacial score (nSPS) is 10.3. The van der Waals surface area contributed by atoms with E-state index in [1.807, 2.05) is 0 Å². The summed E-state index contributed by atoms with van der Waals surface area (Å²) in [7, 11) is 0. The van der Waals surface area contributed by atoms with Crippen molar-refractivity contribution in [2.24, 2.45) is 0 Å². The zero-order valence-corrected chi connectivity index (χ0v) is 11.2. The molecule has 2 rings (SSSR count). The van der Waals surface area contributed by atoms with Crippen molar-refractivity contribution < 1.29 is 13.9 Å². The number of hydrogen-bond donors (Lipinski definition) is 0. The summed E-state index contributed by atoms with van der Waals surface area (Å²) in [5, 5.41) is 0.716. The molecule has 0 amide bonds. The van der Waals surface area contributed by atoms with Gasteiger partial charge >= 0.3 is 0 Å². The summed E-state index contributed by atoms with van der Waals surface area (Å²) in [5.74, 6) is -0.432. The van der Waals surface area contributed by atoms with E-state index in [4.69, 9.17) is 27.9 Å². The predicted molar refractivity (Wildman–Crippen MR) is 72.7 cm³/mol. The molecule has 0 saturated heterocycles. The number of ether oxygens (including phenoxy) is 1. The molecule has 0 aromatic heterocycles. The van der Waals surface area contributed by atoms with E-state index in [2.05, 4.69) is 0 Å². The van der Waals surface area contributed by atoms with Crippen molar-refractivity contribution in [1.29, 1.82) is 0 Å². The van der Waals surface area contributed by atoms with Crippen molar-refractivity contribution in [2.45, 2.75) is 0 Å². The first-order chi connectivity index (χ1) is 9.06. The maximum atomic E-state index is 12.9. The van der Waals surface area contributed by atoms with Crippen LogP contribution in [-0.2, 0) is 0 Å². The monoisotopic (exact) mass is 298 g/mol. The smallest absolute Gasteiger partial charge is 0.201 e. The van der Waals surface area contributed by atoms with E-state index in [0.717, 1.165) is 0 Å². The van der Waals surface area contributed by atoms with Crippen molar-refractivity contribution in [1.82, 2.24) is 0 Å². The topological polar surface area (TPSA) is 26.3 Å². The number of rotatable bonds is 4. The van der Waals surface area contributed by atoms with Crippen LogP contribution < -0.4 is 4.74 Å². The molecule has 0 aliphatic carbocycles. The van der Waals surface area contributed by atoms with Gasteiger partial charge in [0.1, 0.15) is 11.6 Å². The molecule has 0 aliphatic heterocycles. The zero-order valence-electron chi connectivity index (χ0n) is 9.70. The van der Waals surface area contributed by atoms with Gasteiger partial charge in [-0.25, -0.2) is 4.39 Å². The SMILES string of the molecule is O=C(COc1cccc(F)c1)c1ccc(Cl)cc1Cl. The molecule has 0 N–H and O–H groups in total. The summed E-state index contributed by atoms with van der Waals surface area (Å²) in [4.78, 5) is 11.9. The minimum atomic E-state index is -0.422. The highest BCUT2D eigenvalue weighted by Crippen LogP contribution is 2.21. The van der Waals surface area contributed by atoms with Crippen LogP contribution in [0.5, 0.6) is 5.75 Å². The Morgan fingerprint density at radius 3 is 2.63 bits per heavy atom. The standard InChI is InChI=1S/C14H9Cl2FO2/c15-9-4-5-12(13(16)6-9)14(18)8-19-11-3-1-2-10(17)7-11/h1-7H,8H2. The molecule has 98 valence electrons. The molecule has 0 heterocycles. The van der Waals surface area contributed by atoms with Gasteiger partial charge in [0, 0.05) is 16.7 Å². The Balaban J connectivity index is 2.05. The van der Waals surface area contributed by atoms with E-state index in [9.17, 15) is 9.18 Å². The highest BCUT2D eigenvalue weighted by Gasteiger charge is 2.11. The fraction of sp³-hybridized carbons (Fsp3) is 0.0714. The fourth-order valence-corrected chi connectivity index (χ4v) is 2.01. The Morgan fingerprint density at radius 2 is 1.95 bits per heavy atom. The molecule has 0 bridgehead atoms. The van der Waals surface area contributed by atoms with Crippen LogP contribution in [0.3, 0.4) is 0 Å². The lowest BCUT2D eigenvalue weighted by Gasteiger charge is -2.07. The summed E-state index contributed by atoms with van der Waals surface area (Å²) < 4.78 is 18.1. The van der Waals surface area contributed by atoms with Crippen molar-refractivity contribution >= 4 is 29.0 Å². The fourth-order valence-electron chi connectivity index (χ4n) is 1.50. The predicted octanol–water partition coefficient (Wildman–Crippen LogP) is 4.39. The van der Waals surface area contributed by atoms with E-state index in [1.165, 1.54) is 30.3 Å². The molecule has 0 unspecified atom stereocenters. The summed E-state index contributed by atoms with van der Waals surface area (Å²) in [6.45, 7) is -0.217. The average molecular weight is 299 g/mol. The Bertz CT molecular complexity index is 614. The van der Waals surface area contributed by atoms with E-state index in [-0.39, 0.29) is 17.4 Å². The second kappa shape index (κ2) is 6.04. The number of carbonyl (C=O) groups excluding carboxylic acids is 1. The number of halogens is 3. The molecule has 0 aliphatic rings. The molecular formula is C14H9Cl2FO2. The van der Waals surface area contributed by atoms with Crippen molar-refractivity contribution in [3.63, 3.8) is 0 Å². The molecule has 2 aromatic rings. The van der Waals surface area contributed by atoms with Gasteiger partial charge in [-0.15, -0.1) is 0 Å². The van der Waals surface area contributed by atoms with Crippen LogP contribution in [0, 0.1) is 5.82 Å². The van der Waals surface area contributed by atoms with Crippen LogP contribution in [0.1, 0.15) is 10.4 Å². The van der Waals surface area contributed by atoms with Crippen LogP contribution in [0.25, 0.3) is 0 Å². The molecule has 19 heavy (non-hydrogen) atoms. The molecule has 0 atom stereocenters. The highest BCUT2D eigenvalue weighted by atomic mass is 35.5. The van der Waals surface area contributed by atoms with Crippen LogP contribution >= 0.6 is 23.2 Å². The number of Topliss-reactive ketones (excluding diaryl/α,β-unsaturated/α-hetero) is 1. The molecule has 0 saturated carbocycles. The second-order valence-corrected chi connectivity index (χ2v) is 4.64. The molecule has 0 fully saturated rings. The lowest BCUT2D eigenvalue weighted by Crippen LogP contribution is -2.12. The van der Waals surface area contributed by atoms with Crippen LogP contribution in [0.2, 0.25) is 10.0 Å². The van der Waals surface area contributed by atoms with Crippen LogP contribution in [0.15, 0.2) is 42.5 Å². The summed E-state index contributed by atoms with van der Waals surface area (Å²) in [5.41, 5.74) is 0.322. The third kappa shape index (κ3) is 3.69. The molecular weight excluding hydrogens is 290 g/mol. The van der Waals surface area contributed by atoms with Crippen molar-refractivity contribution in [3.05, 3.63) is 63.9 Å². The summed E-state index contributed by atoms with van der Waals surface area (Å²) in [6.07, 6.45) is 0. The summed E-state index contributed by atoms with van der Waals surface area (Å²) in [6, 6.07) is 10.2.